The van der Waals surface area contributed by atoms with E-state index in [1.807, 2.05) is 42.8 Å². The molecule has 0 spiro atoms. The van der Waals surface area contributed by atoms with Gasteiger partial charge in [0.05, 0.1) is 17.2 Å². The van der Waals surface area contributed by atoms with Gasteiger partial charge in [-0.05, 0) is 19.4 Å². The second-order valence-corrected chi connectivity index (χ2v) is 5.61. The molecule has 1 aliphatic rings. The van der Waals surface area contributed by atoms with E-state index in [0.29, 0.717) is 12.1 Å². The average Bonchev–Trinajstić information content (AvgIpc) is 2.62. The van der Waals surface area contributed by atoms with Gasteiger partial charge >= 0.3 is 0 Å². The molecule has 0 saturated carbocycles. The summed E-state index contributed by atoms with van der Waals surface area (Å²) in [4.78, 5) is 24.4. The molecular weight excluding hydrogens is 252 g/mol. The minimum atomic E-state index is -0.291. The fraction of sp³-hybridized carbons (Fsp3) is 0.375. The van der Waals surface area contributed by atoms with Gasteiger partial charge in [0, 0.05) is 18.4 Å². The lowest BCUT2D eigenvalue weighted by molar-refractivity contribution is -0.117. The Balaban J connectivity index is 2.28. The van der Waals surface area contributed by atoms with Crippen molar-refractivity contribution in [2.75, 3.05) is 5.32 Å². The predicted molar refractivity (Wildman–Crippen MR) is 79.1 cm³/mol. The molecule has 1 aromatic heterocycles. The zero-order valence-corrected chi connectivity index (χ0v) is 11.9. The monoisotopic (exact) mass is 270 g/mol. The van der Waals surface area contributed by atoms with Crippen molar-refractivity contribution in [2.45, 2.75) is 26.3 Å². The van der Waals surface area contributed by atoms with Crippen molar-refractivity contribution in [3.8, 4) is 0 Å². The molecule has 4 heteroatoms. The average molecular weight is 270 g/mol. The maximum absolute atomic E-state index is 12.6. The highest BCUT2D eigenvalue weighted by Crippen LogP contribution is 2.35. The van der Waals surface area contributed by atoms with Crippen molar-refractivity contribution in [1.82, 2.24) is 4.57 Å². The van der Waals surface area contributed by atoms with Crippen LogP contribution in [0.2, 0.25) is 0 Å². The van der Waals surface area contributed by atoms with Crippen LogP contribution in [0.15, 0.2) is 24.3 Å². The van der Waals surface area contributed by atoms with Gasteiger partial charge in [-0.25, -0.2) is 0 Å². The van der Waals surface area contributed by atoms with Crippen molar-refractivity contribution < 1.29 is 9.59 Å². The first kappa shape index (κ1) is 12.9. The summed E-state index contributed by atoms with van der Waals surface area (Å²) in [7, 11) is 1.90. The van der Waals surface area contributed by atoms with Crippen molar-refractivity contribution in [3.63, 3.8) is 0 Å². The highest BCUT2D eigenvalue weighted by molar-refractivity contribution is 6.12. The molecule has 0 amide bonds. The van der Waals surface area contributed by atoms with E-state index in [1.165, 1.54) is 0 Å². The first-order chi connectivity index (χ1) is 9.50. The van der Waals surface area contributed by atoms with Gasteiger partial charge in [0.2, 0.25) is 0 Å². The number of aromatic nitrogens is 1. The van der Waals surface area contributed by atoms with Crippen molar-refractivity contribution in [3.05, 3.63) is 30.0 Å². The van der Waals surface area contributed by atoms with Gasteiger partial charge < -0.3 is 9.88 Å². The number of fused-ring (bicyclic) bond motifs is 3. The summed E-state index contributed by atoms with van der Waals surface area (Å²) in [5.74, 6) is 0.0287. The fourth-order valence-corrected chi connectivity index (χ4v) is 3.02. The number of anilines is 1. The number of para-hydroxylation sites is 1. The molecule has 0 bridgehead atoms. The van der Waals surface area contributed by atoms with E-state index in [-0.39, 0.29) is 23.5 Å². The third kappa shape index (κ3) is 1.75. The van der Waals surface area contributed by atoms with E-state index in [1.54, 1.807) is 6.92 Å². The minimum Gasteiger partial charge on any atom is -0.373 e. The van der Waals surface area contributed by atoms with E-state index < -0.39 is 0 Å². The molecule has 4 nitrogen and oxygen atoms in total. The van der Waals surface area contributed by atoms with Crippen LogP contribution in [0.1, 0.15) is 30.8 Å². The first-order valence-corrected chi connectivity index (χ1v) is 6.89. The molecule has 1 N–H and O–H groups in total. The molecule has 104 valence electrons. The SMILES string of the molecule is CC(=O)C1CC(C)C(=O)c2c(c3ccccc3n2C)N1. The van der Waals surface area contributed by atoms with Gasteiger partial charge in [-0.1, -0.05) is 25.1 Å². The van der Waals surface area contributed by atoms with Gasteiger partial charge in [0.1, 0.15) is 5.69 Å². The molecule has 20 heavy (non-hydrogen) atoms. The van der Waals surface area contributed by atoms with Crippen LogP contribution in [0.3, 0.4) is 0 Å². The number of aryl methyl sites for hydroxylation is 1. The van der Waals surface area contributed by atoms with Crippen molar-refractivity contribution in [1.29, 1.82) is 0 Å². The standard InChI is InChI=1S/C16H18N2O2/c1-9-8-12(10(2)19)17-14-11-6-4-5-7-13(11)18(3)15(14)16(9)20/h4-7,9,12,17H,8H2,1-3H3. The largest absolute Gasteiger partial charge is 0.373 e. The van der Waals surface area contributed by atoms with E-state index in [0.717, 1.165) is 16.6 Å². The lowest BCUT2D eigenvalue weighted by Gasteiger charge is -2.15. The number of hydrogen-bond donors (Lipinski definition) is 1. The Labute approximate surface area is 117 Å². The number of benzene rings is 1. The summed E-state index contributed by atoms with van der Waals surface area (Å²) in [6.07, 6.45) is 0.553. The van der Waals surface area contributed by atoms with Crippen molar-refractivity contribution >= 4 is 28.2 Å². The Morgan fingerprint density at radius 2 is 2.05 bits per heavy atom. The van der Waals surface area contributed by atoms with Crippen LogP contribution in [0.4, 0.5) is 5.69 Å². The van der Waals surface area contributed by atoms with E-state index in [9.17, 15) is 9.59 Å². The summed E-state index contributed by atoms with van der Waals surface area (Å²) < 4.78 is 1.93. The van der Waals surface area contributed by atoms with Crippen LogP contribution in [-0.4, -0.2) is 22.2 Å². The minimum absolute atomic E-state index is 0.0745. The molecular formula is C16H18N2O2. The predicted octanol–water partition coefficient (Wildman–Crippen LogP) is 2.77. The molecule has 0 saturated heterocycles. The maximum Gasteiger partial charge on any atom is 0.184 e. The van der Waals surface area contributed by atoms with Crippen LogP contribution in [-0.2, 0) is 11.8 Å². The fourth-order valence-electron chi connectivity index (χ4n) is 3.02. The number of nitrogens with zero attached hydrogens (tertiary/aromatic N) is 1. The molecule has 0 fully saturated rings. The Kier molecular flexibility index (Phi) is 2.89. The summed E-state index contributed by atoms with van der Waals surface area (Å²) >= 11 is 0. The van der Waals surface area contributed by atoms with Gasteiger partial charge in [0.15, 0.2) is 11.6 Å². The normalized spacial score (nSPS) is 22.2. The Bertz CT molecular complexity index is 715. The molecule has 2 unspecified atom stereocenters. The lowest BCUT2D eigenvalue weighted by atomic mass is 9.96. The molecule has 1 aromatic carbocycles. The molecule has 2 atom stereocenters. The van der Waals surface area contributed by atoms with Gasteiger partial charge in [-0.15, -0.1) is 0 Å². The number of carbonyl (C=O) groups is 2. The van der Waals surface area contributed by atoms with Gasteiger partial charge in [-0.2, -0.15) is 0 Å². The third-order valence-corrected chi connectivity index (χ3v) is 4.19. The van der Waals surface area contributed by atoms with Crippen LogP contribution in [0, 0.1) is 5.92 Å². The lowest BCUT2D eigenvalue weighted by Crippen LogP contribution is -2.28. The quantitative estimate of drug-likeness (QED) is 0.867. The molecule has 3 rings (SSSR count). The molecule has 0 radical (unpaired) electrons. The summed E-state index contributed by atoms with van der Waals surface area (Å²) in [5.41, 5.74) is 2.50. The number of ketones is 2. The second kappa shape index (κ2) is 4.47. The van der Waals surface area contributed by atoms with E-state index in [4.69, 9.17) is 0 Å². The van der Waals surface area contributed by atoms with Crippen LogP contribution in [0.5, 0.6) is 0 Å². The molecule has 2 heterocycles. The zero-order chi connectivity index (χ0) is 14.4. The van der Waals surface area contributed by atoms with Gasteiger partial charge in [-0.3, -0.25) is 9.59 Å². The second-order valence-electron chi connectivity index (χ2n) is 5.61. The van der Waals surface area contributed by atoms with Crippen LogP contribution in [0.25, 0.3) is 10.9 Å². The number of nitrogens with one attached hydrogen (secondary N) is 1. The number of hydrogen-bond acceptors (Lipinski definition) is 3. The topological polar surface area (TPSA) is 51.1 Å². The highest BCUT2D eigenvalue weighted by Gasteiger charge is 2.32. The Morgan fingerprint density at radius 3 is 2.75 bits per heavy atom. The Hall–Kier alpha value is -2.10. The highest BCUT2D eigenvalue weighted by atomic mass is 16.1. The summed E-state index contributed by atoms with van der Waals surface area (Å²) in [6, 6.07) is 7.60. The first-order valence-electron chi connectivity index (χ1n) is 6.89. The number of rotatable bonds is 1. The molecule has 1 aliphatic heterocycles. The van der Waals surface area contributed by atoms with Crippen LogP contribution < -0.4 is 5.32 Å². The van der Waals surface area contributed by atoms with Crippen LogP contribution >= 0.6 is 0 Å². The zero-order valence-electron chi connectivity index (χ0n) is 11.9. The molecule has 2 aromatic rings. The Morgan fingerprint density at radius 1 is 1.35 bits per heavy atom. The smallest absolute Gasteiger partial charge is 0.184 e. The summed E-state index contributed by atoms with van der Waals surface area (Å²) in [6.45, 7) is 3.47. The third-order valence-electron chi connectivity index (χ3n) is 4.19. The number of Topliss-reactive ketones (excluding diaryl/α,β-unsaturated/α-hetero) is 2. The number of carbonyl (C=O) groups excluding carboxylic acids is 2. The van der Waals surface area contributed by atoms with E-state index in [2.05, 4.69) is 5.32 Å². The summed E-state index contributed by atoms with van der Waals surface area (Å²) in [5, 5.41) is 4.29. The maximum atomic E-state index is 12.6. The van der Waals surface area contributed by atoms with Gasteiger partial charge in [0.25, 0.3) is 0 Å². The van der Waals surface area contributed by atoms with E-state index >= 15 is 0 Å². The van der Waals surface area contributed by atoms with Crippen molar-refractivity contribution in [2.24, 2.45) is 13.0 Å². The molecule has 0 aliphatic carbocycles.